The Morgan fingerprint density at radius 3 is 2.21 bits per heavy atom. The first-order valence-electron chi connectivity index (χ1n) is 17.7. The molecule has 9 atom stereocenters. The first kappa shape index (κ1) is 37.8. The molecule has 9 heteroatoms. The van der Waals surface area contributed by atoms with Crippen molar-refractivity contribution in [1.82, 2.24) is 5.32 Å². The molecule has 0 aromatic heterocycles. The Labute approximate surface area is 311 Å². The molecule has 5 aliphatic rings. The van der Waals surface area contributed by atoms with Crippen molar-refractivity contribution in [3.8, 4) is 0 Å². The zero-order chi connectivity index (χ0) is 34.4. The number of carbonyl (C=O) groups excluding carboxylic acids is 1. The molecule has 7 nitrogen and oxygen atoms in total. The number of hydrogen-bond acceptors (Lipinski definition) is 4. The standard InChI is InChI=1S/C39H55NO6S.Na.H/c1-24(2)27-14-19-39(34(43)40-22-23-47(44,45)46)21-20-37(6)29(32(27)39)12-13-31-36(5)17-15-28(25-8-10-26(11-9-25)33(41)42)35(3,4)30(36)16-18-38(31,37)7;;/h8-11,15,27,29-32H,1,12-14,16-23H2,2-7H3,(H,40,43)(H,41,42)(H,44,45,46);;/q;+1;-1/t27-,29+,30-,31+,32+,36-,37+,38+,39-;;/m0../s1. The van der Waals surface area contributed by atoms with Crippen LogP contribution >= 0.6 is 0 Å². The van der Waals surface area contributed by atoms with Crippen LogP contribution < -0.4 is 34.9 Å². The number of aromatic carboxylic acids is 1. The topological polar surface area (TPSA) is 121 Å². The minimum Gasteiger partial charge on any atom is -1.00 e. The Bertz CT molecular complexity index is 1630. The maximum atomic E-state index is 14.1. The van der Waals surface area contributed by atoms with Gasteiger partial charge < -0.3 is 11.8 Å². The Balaban J connectivity index is 0.00000270. The van der Waals surface area contributed by atoms with Crippen molar-refractivity contribution < 1.29 is 58.7 Å². The van der Waals surface area contributed by atoms with E-state index < -0.39 is 27.3 Å². The van der Waals surface area contributed by atoms with Crippen LogP contribution in [-0.2, 0) is 14.9 Å². The quantitative estimate of drug-likeness (QED) is 0.207. The van der Waals surface area contributed by atoms with Crippen LogP contribution in [0.5, 0.6) is 0 Å². The van der Waals surface area contributed by atoms with Crippen molar-refractivity contribution >= 4 is 27.6 Å². The fourth-order valence-electron chi connectivity index (χ4n) is 12.9. The van der Waals surface area contributed by atoms with Gasteiger partial charge in [-0.1, -0.05) is 65.0 Å². The molecule has 0 spiro atoms. The molecule has 6 rings (SSSR count). The minimum absolute atomic E-state index is 0. The molecule has 1 aromatic carbocycles. The SMILES string of the molecule is C=C(C)[C@@H]1CC[C@]2(C(=O)NCCS(=O)(=O)O)CC[C@]3(C)[C@H](CC[C@@H]4[C@@]5(C)CC=C(c6ccc(C(=O)O)cc6)C(C)(C)[C@@H]5CC[C@]43C)[C@@H]12.[H-].[Na+]. The van der Waals surface area contributed by atoms with Gasteiger partial charge in [0.05, 0.1) is 16.7 Å². The summed E-state index contributed by atoms with van der Waals surface area (Å²) in [5.74, 6) is 0.459. The van der Waals surface area contributed by atoms with Gasteiger partial charge in [0.2, 0.25) is 5.91 Å². The van der Waals surface area contributed by atoms with Crippen LogP contribution in [0.15, 0.2) is 42.5 Å². The van der Waals surface area contributed by atoms with E-state index >= 15 is 0 Å². The summed E-state index contributed by atoms with van der Waals surface area (Å²) in [4.78, 5) is 25.6. The van der Waals surface area contributed by atoms with E-state index in [0.717, 1.165) is 68.9 Å². The molecule has 1 aromatic rings. The molecule has 0 heterocycles. The zero-order valence-corrected chi connectivity index (χ0v) is 33.0. The fraction of sp³-hybridized carbons (Fsp3) is 0.692. The molecule has 3 N–H and O–H groups in total. The number of carboxylic acid groups (broad SMARTS) is 1. The molecule has 5 aliphatic carbocycles. The maximum absolute atomic E-state index is 14.1. The number of allylic oxidation sites excluding steroid dienone is 3. The molecule has 0 unspecified atom stereocenters. The number of benzene rings is 1. The van der Waals surface area contributed by atoms with E-state index in [4.69, 9.17) is 0 Å². The van der Waals surface area contributed by atoms with Crippen LogP contribution in [0.25, 0.3) is 5.57 Å². The first-order valence-corrected chi connectivity index (χ1v) is 19.4. The third-order valence-electron chi connectivity index (χ3n) is 15.2. The van der Waals surface area contributed by atoms with Gasteiger partial charge in [-0.05, 0) is 139 Å². The van der Waals surface area contributed by atoms with Crippen LogP contribution in [0, 0.1) is 56.7 Å². The zero-order valence-electron chi connectivity index (χ0n) is 31.2. The summed E-state index contributed by atoms with van der Waals surface area (Å²) < 4.78 is 32.1. The molecular formula is C39H56NNaO6S. The molecule has 4 saturated carbocycles. The normalized spacial score (nSPS) is 39.7. The van der Waals surface area contributed by atoms with E-state index in [0.29, 0.717) is 23.3 Å². The van der Waals surface area contributed by atoms with Gasteiger partial charge in [0.25, 0.3) is 10.1 Å². The van der Waals surface area contributed by atoms with Gasteiger partial charge in [0.15, 0.2) is 0 Å². The summed E-state index contributed by atoms with van der Waals surface area (Å²) in [7, 11) is -4.15. The van der Waals surface area contributed by atoms with Crippen molar-refractivity contribution in [2.75, 3.05) is 12.3 Å². The van der Waals surface area contributed by atoms with E-state index in [1.165, 1.54) is 5.57 Å². The summed E-state index contributed by atoms with van der Waals surface area (Å²) in [5, 5.41) is 12.4. The maximum Gasteiger partial charge on any atom is 1.00 e. The van der Waals surface area contributed by atoms with Crippen molar-refractivity contribution in [2.45, 2.75) is 99.3 Å². The summed E-state index contributed by atoms with van der Waals surface area (Å²) in [6, 6.07) is 7.40. The van der Waals surface area contributed by atoms with Crippen LogP contribution in [0.1, 0.15) is 117 Å². The van der Waals surface area contributed by atoms with E-state index in [9.17, 15) is 27.7 Å². The van der Waals surface area contributed by atoms with Crippen LogP contribution in [0.2, 0.25) is 0 Å². The predicted octanol–water partition coefficient (Wildman–Crippen LogP) is 5.16. The summed E-state index contributed by atoms with van der Waals surface area (Å²) in [6.45, 7) is 18.9. The van der Waals surface area contributed by atoms with Gasteiger partial charge in [-0.2, -0.15) is 8.42 Å². The van der Waals surface area contributed by atoms with Crippen LogP contribution in [-0.4, -0.2) is 42.3 Å². The molecular weight excluding hydrogens is 633 g/mol. The fourth-order valence-corrected chi connectivity index (χ4v) is 13.3. The van der Waals surface area contributed by atoms with Gasteiger partial charge >= 0.3 is 35.5 Å². The molecule has 260 valence electrons. The van der Waals surface area contributed by atoms with Crippen molar-refractivity contribution in [2.24, 2.45) is 56.7 Å². The second-order valence-corrected chi connectivity index (χ2v) is 18.9. The summed E-state index contributed by atoms with van der Waals surface area (Å²) in [5.41, 5.74) is 3.63. The summed E-state index contributed by atoms with van der Waals surface area (Å²) >= 11 is 0. The number of amides is 1. The van der Waals surface area contributed by atoms with Crippen molar-refractivity contribution in [1.29, 1.82) is 0 Å². The second-order valence-electron chi connectivity index (χ2n) is 17.3. The Kier molecular flexibility index (Phi) is 9.96. The third-order valence-corrected chi connectivity index (χ3v) is 15.9. The molecule has 48 heavy (non-hydrogen) atoms. The van der Waals surface area contributed by atoms with Gasteiger partial charge in [-0.15, -0.1) is 0 Å². The molecule has 0 aliphatic heterocycles. The van der Waals surface area contributed by atoms with Crippen molar-refractivity contribution in [3.63, 3.8) is 0 Å². The smallest absolute Gasteiger partial charge is 1.00 e. The average Bonchev–Trinajstić information content (AvgIpc) is 3.38. The van der Waals surface area contributed by atoms with E-state index in [-0.39, 0.29) is 76.9 Å². The second kappa shape index (κ2) is 12.6. The van der Waals surface area contributed by atoms with Gasteiger partial charge in [0, 0.05) is 6.54 Å². The molecule has 4 fully saturated rings. The molecule has 1 amide bonds. The number of fused-ring (bicyclic) bond motifs is 7. The monoisotopic (exact) mass is 689 g/mol. The molecule has 0 saturated heterocycles. The van der Waals surface area contributed by atoms with E-state index in [1.54, 1.807) is 12.1 Å². The largest absolute Gasteiger partial charge is 1.00 e. The number of carbonyl (C=O) groups is 2. The van der Waals surface area contributed by atoms with E-state index in [1.807, 2.05) is 12.1 Å². The third kappa shape index (κ3) is 5.63. The molecule has 0 bridgehead atoms. The Morgan fingerprint density at radius 1 is 0.938 bits per heavy atom. The average molecular weight is 690 g/mol. The molecule has 0 radical (unpaired) electrons. The predicted molar refractivity (Wildman–Crippen MR) is 186 cm³/mol. The number of carboxylic acids is 1. The number of hydrogen-bond donors (Lipinski definition) is 3. The number of rotatable bonds is 7. The van der Waals surface area contributed by atoms with Crippen molar-refractivity contribution in [3.05, 3.63) is 53.6 Å². The Morgan fingerprint density at radius 2 is 1.60 bits per heavy atom. The minimum atomic E-state index is -4.15. The first-order chi connectivity index (χ1) is 21.8. The van der Waals surface area contributed by atoms with Crippen LogP contribution in [0.3, 0.4) is 0 Å². The van der Waals surface area contributed by atoms with Gasteiger partial charge in [0.1, 0.15) is 0 Å². The van der Waals surface area contributed by atoms with Crippen LogP contribution in [0.4, 0.5) is 0 Å². The summed E-state index contributed by atoms with van der Waals surface area (Å²) in [6.07, 6.45) is 11.5. The van der Waals surface area contributed by atoms with Gasteiger partial charge in [-0.25, -0.2) is 4.79 Å². The number of nitrogens with one attached hydrogen (secondary N) is 1. The van der Waals surface area contributed by atoms with Gasteiger partial charge in [-0.3, -0.25) is 9.35 Å². The Hall–Kier alpha value is -1.45. The van der Waals surface area contributed by atoms with E-state index in [2.05, 4.69) is 59.5 Å².